The molecule has 98 valence electrons. The molecule has 3 rings (SSSR count). The molecule has 1 aliphatic rings. The van der Waals surface area contributed by atoms with E-state index in [9.17, 15) is 9.50 Å². The first kappa shape index (κ1) is 12.2. The van der Waals surface area contributed by atoms with Crippen LogP contribution in [0, 0.1) is 5.82 Å². The predicted octanol–water partition coefficient (Wildman–Crippen LogP) is 3.40. The number of benzene rings is 2. The second-order valence-electron chi connectivity index (χ2n) is 5.01. The number of anilines is 1. The summed E-state index contributed by atoms with van der Waals surface area (Å²) in [4.78, 5) is 2.02. The first-order valence-electron chi connectivity index (χ1n) is 6.44. The Hall–Kier alpha value is -1.87. The van der Waals surface area contributed by atoms with Crippen molar-refractivity contribution < 1.29 is 9.50 Å². The monoisotopic (exact) mass is 257 g/mol. The molecular weight excluding hydrogens is 241 g/mol. The molecule has 1 aliphatic heterocycles. The number of hydrogen-bond acceptors (Lipinski definition) is 2. The van der Waals surface area contributed by atoms with Gasteiger partial charge in [0.2, 0.25) is 0 Å². The first-order valence-corrected chi connectivity index (χ1v) is 6.44. The lowest BCUT2D eigenvalue weighted by atomic mass is 10.1. The minimum atomic E-state index is -0.640. The van der Waals surface area contributed by atoms with E-state index in [0.29, 0.717) is 11.3 Å². The molecular formula is C16H16FNO. The third-order valence-electron chi connectivity index (χ3n) is 3.64. The molecule has 1 atom stereocenters. The van der Waals surface area contributed by atoms with Crippen molar-refractivity contribution in [2.75, 3.05) is 4.90 Å². The largest absolute Gasteiger partial charge is 0.389 e. The fourth-order valence-electron chi connectivity index (χ4n) is 2.54. The zero-order chi connectivity index (χ0) is 13.4. The third kappa shape index (κ3) is 2.22. The Balaban J connectivity index is 1.89. The second-order valence-corrected chi connectivity index (χ2v) is 5.01. The molecule has 1 unspecified atom stereocenters. The van der Waals surface area contributed by atoms with E-state index in [1.54, 1.807) is 19.1 Å². The van der Waals surface area contributed by atoms with Gasteiger partial charge in [0.05, 0.1) is 11.8 Å². The maximum Gasteiger partial charge on any atom is 0.146 e. The molecule has 2 nitrogen and oxygen atoms in total. The van der Waals surface area contributed by atoms with Crippen LogP contribution in [0.1, 0.15) is 29.7 Å². The average Bonchev–Trinajstić information content (AvgIpc) is 2.81. The molecule has 0 saturated carbocycles. The van der Waals surface area contributed by atoms with Gasteiger partial charge in [-0.15, -0.1) is 0 Å². The zero-order valence-corrected chi connectivity index (χ0v) is 10.8. The molecule has 0 amide bonds. The molecule has 0 fully saturated rings. The van der Waals surface area contributed by atoms with Gasteiger partial charge in [-0.05, 0) is 35.7 Å². The molecule has 0 radical (unpaired) electrons. The van der Waals surface area contributed by atoms with Crippen LogP contribution in [0.15, 0.2) is 42.5 Å². The van der Waals surface area contributed by atoms with Crippen molar-refractivity contribution in [3.8, 4) is 0 Å². The van der Waals surface area contributed by atoms with Crippen LogP contribution in [0.4, 0.5) is 10.1 Å². The van der Waals surface area contributed by atoms with Gasteiger partial charge in [0.15, 0.2) is 0 Å². The second kappa shape index (κ2) is 4.67. The maximum atomic E-state index is 14.1. The van der Waals surface area contributed by atoms with Crippen molar-refractivity contribution in [2.24, 2.45) is 0 Å². The van der Waals surface area contributed by atoms with E-state index in [-0.39, 0.29) is 5.82 Å². The van der Waals surface area contributed by atoms with Gasteiger partial charge in [0.25, 0.3) is 0 Å². The molecule has 0 spiro atoms. The normalized spacial score (nSPS) is 15.4. The van der Waals surface area contributed by atoms with Gasteiger partial charge in [-0.25, -0.2) is 4.39 Å². The molecule has 2 aromatic rings. The van der Waals surface area contributed by atoms with Gasteiger partial charge in [-0.2, -0.15) is 0 Å². The van der Waals surface area contributed by atoms with E-state index in [4.69, 9.17) is 0 Å². The summed E-state index contributed by atoms with van der Waals surface area (Å²) in [6.07, 6.45) is -0.640. The van der Waals surface area contributed by atoms with E-state index >= 15 is 0 Å². The van der Waals surface area contributed by atoms with Crippen molar-refractivity contribution in [2.45, 2.75) is 26.1 Å². The van der Waals surface area contributed by atoms with Crippen LogP contribution < -0.4 is 4.90 Å². The minimum absolute atomic E-state index is 0.272. The highest BCUT2D eigenvalue weighted by molar-refractivity contribution is 5.53. The molecule has 0 aromatic heterocycles. The van der Waals surface area contributed by atoms with Crippen molar-refractivity contribution in [1.29, 1.82) is 0 Å². The summed E-state index contributed by atoms with van der Waals surface area (Å²) in [7, 11) is 0. The van der Waals surface area contributed by atoms with E-state index in [2.05, 4.69) is 12.1 Å². The summed E-state index contributed by atoms with van der Waals surface area (Å²) < 4.78 is 14.1. The number of aliphatic hydroxyl groups excluding tert-OH is 1. The summed E-state index contributed by atoms with van der Waals surface area (Å²) in [6, 6.07) is 13.1. The Morgan fingerprint density at radius 1 is 1.11 bits per heavy atom. The van der Waals surface area contributed by atoms with E-state index in [1.165, 1.54) is 17.2 Å². The lowest BCUT2D eigenvalue weighted by molar-refractivity contribution is 0.199. The van der Waals surface area contributed by atoms with Gasteiger partial charge in [-0.1, -0.05) is 30.3 Å². The fourth-order valence-corrected chi connectivity index (χ4v) is 2.54. The van der Waals surface area contributed by atoms with Crippen LogP contribution in [-0.2, 0) is 13.1 Å². The standard InChI is InChI=1S/C16H16FNO/c1-11(19)12-6-7-16(15(17)8-12)18-9-13-4-2-3-5-14(13)10-18/h2-8,11,19H,9-10H2,1H3. The highest BCUT2D eigenvalue weighted by Gasteiger charge is 2.21. The quantitative estimate of drug-likeness (QED) is 0.891. The number of fused-ring (bicyclic) bond motifs is 1. The SMILES string of the molecule is CC(O)c1ccc(N2Cc3ccccc3C2)c(F)c1. The van der Waals surface area contributed by atoms with Gasteiger partial charge in [0.1, 0.15) is 5.82 Å². The number of hydrogen-bond donors (Lipinski definition) is 1. The molecule has 2 aromatic carbocycles. The van der Waals surface area contributed by atoms with Gasteiger partial charge in [-0.3, -0.25) is 0 Å². The summed E-state index contributed by atoms with van der Waals surface area (Å²) >= 11 is 0. The van der Waals surface area contributed by atoms with Crippen LogP contribution in [0.2, 0.25) is 0 Å². The first-order chi connectivity index (χ1) is 9.15. The summed E-state index contributed by atoms with van der Waals surface area (Å²) in [6.45, 7) is 3.11. The number of aliphatic hydroxyl groups is 1. The summed E-state index contributed by atoms with van der Waals surface area (Å²) in [5.41, 5.74) is 3.71. The lowest BCUT2D eigenvalue weighted by Crippen LogP contribution is -2.16. The smallest absolute Gasteiger partial charge is 0.146 e. The highest BCUT2D eigenvalue weighted by atomic mass is 19.1. The highest BCUT2D eigenvalue weighted by Crippen LogP contribution is 2.31. The van der Waals surface area contributed by atoms with E-state index in [0.717, 1.165) is 13.1 Å². The molecule has 3 heteroatoms. The molecule has 1 N–H and O–H groups in total. The Kier molecular flexibility index (Phi) is 2.99. The van der Waals surface area contributed by atoms with Crippen LogP contribution in [-0.4, -0.2) is 5.11 Å². The van der Waals surface area contributed by atoms with Gasteiger partial charge in [0, 0.05) is 13.1 Å². The van der Waals surface area contributed by atoms with Crippen LogP contribution in [0.3, 0.4) is 0 Å². The minimum Gasteiger partial charge on any atom is -0.389 e. The van der Waals surface area contributed by atoms with Crippen LogP contribution in [0.5, 0.6) is 0 Å². The topological polar surface area (TPSA) is 23.5 Å². The van der Waals surface area contributed by atoms with Crippen molar-refractivity contribution in [3.63, 3.8) is 0 Å². The van der Waals surface area contributed by atoms with Crippen molar-refractivity contribution in [1.82, 2.24) is 0 Å². The molecule has 19 heavy (non-hydrogen) atoms. The number of nitrogens with zero attached hydrogens (tertiary/aromatic N) is 1. The zero-order valence-electron chi connectivity index (χ0n) is 10.8. The van der Waals surface area contributed by atoms with E-state index < -0.39 is 6.10 Å². The van der Waals surface area contributed by atoms with E-state index in [1.807, 2.05) is 17.0 Å². The van der Waals surface area contributed by atoms with Gasteiger partial charge < -0.3 is 10.0 Å². The fraction of sp³-hybridized carbons (Fsp3) is 0.250. The molecule has 1 heterocycles. The Bertz CT molecular complexity index is 584. The molecule has 0 saturated heterocycles. The number of halogens is 1. The maximum absolute atomic E-state index is 14.1. The van der Waals surface area contributed by atoms with Crippen molar-refractivity contribution in [3.05, 3.63) is 65.0 Å². The predicted molar refractivity (Wildman–Crippen MR) is 73.4 cm³/mol. The Labute approximate surface area is 112 Å². The van der Waals surface area contributed by atoms with Crippen LogP contribution in [0.25, 0.3) is 0 Å². The van der Waals surface area contributed by atoms with Gasteiger partial charge >= 0.3 is 0 Å². The Morgan fingerprint density at radius 2 is 1.74 bits per heavy atom. The average molecular weight is 257 g/mol. The lowest BCUT2D eigenvalue weighted by Gasteiger charge is -2.19. The summed E-state index contributed by atoms with van der Waals surface area (Å²) in [5, 5.41) is 9.47. The third-order valence-corrected chi connectivity index (χ3v) is 3.64. The Morgan fingerprint density at radius 3 is 2.26 bits per heavy atom. The number of rotatable bonds is 2. The summed E-state index contributed by atoms with van der Waals surface area (Å²) in [5.74, 6) is -0.272. The molecule has 0 bridgehead atoms. The van der Waals surface area contributed by atoms with Crippen LogP contribution >= 0.6 is 0 Å². The van der Waals surface area contributed by atoms with Crippen molar-refractivity contribution >= 4 is 5.69 Å². The molecule has 0 aliphatic carbocycles.